The van der Waals surface area contributed by atoms with Gasteiger partial charge in [0.05, 0.1) is 27.6 Å². The van der Waals surface area contributed by atoms with Crippen molar-refractivity contribution in [2.24, 2.45) is 0 Å². The Kier molecular flexibility index (Phi) is 6.95. The second-order valence-electron chi connectivity index (χ2n) is 15.6. The molecular formula is C55H33N5. The molecule has 60 heavy (non-hydrogen) atoms. The van der Waals surface area contributed by atoms with Gasteiger partial charge in [0, 0.05) is 60.1 Å². The minimum Gasteiger partial charge on any atom is -0.309 e. The van der Waals surface area contributed by atoms with E-state index in [9.17, 15) is 0 Å². The third-order valence-electron chi connectivity index (χ3n) is 12.3. The van der Waals surface area contributed by atoms with Crippen LogP contribution >= 0.6 is 0 Å². The molecule has 13 rings (SSSR count). The fourth-order valence-corrected chi connectivity index (χ4v) is 9.64. The summed E-state index contributed by atoms with van der Waals surface area (Å²) in [4.78, 5) is 15.6. The zero-order valence-electron chi connectivity index (χ0n) is 32.3. The molecule has 0 fully saturated rings. The summed E-state index contributed by atoms with van der Waals surface area (Å²) in [6.45, 7) is 0. The standard InChI is InChI=1S/C55H33N5/c1-3-15-34(16-4-1)39-22-9-10-25-45(39)55-57-53(36-18-5-2-6-19-36)56-54(58-55)37-20-13-21-38(31-37)59-49-33-50-46(32-47(49)44-30-29-35-17-7-8-23-40(35)51(44)59)43-27-14-26-42-41-24-11-12-28-48(41)60(50)52(42)43/h1-33H. The van der Waals surface area contributed by atoms with Gasteiger partial charge in [0.25, 0.3) is 0 Å². The van der Waals surface area contributed by atoms with Crippen LogP contribution in [0.25, 0.3) is 122 Å². The lowest BCUT2D eigenvalue weighted by Crippen LogP contribution is -2.02. The molecule has 0 spiro atoms. The van der Waals surface area contributed by atoms with Gasteiger partial charge in [0.1, 0.15) is 0 Å². The summed E-state index contributed by atoms with van der Waals surface area (Å²) in [5, 5.41) is 9.95. The number of nitrogens with zero attached hydrogens (tertiary/aromatic N) is 5. The molecule has 278 valence electrons. The van der Waals surface area contributed by atoms with Crippen molar-refractivity contribution in [3.05, 3.63) is 200 Å². The summed E-state index contributed by atoms with van der Waals surface area (Å²) in [7, 11) is 0. The number of hydrogen-bond donors (Lipinski definition) is 0. The van der Waals surface area contributed by atoms with E-state index in [1.165, 1.54) is 65.2 Å². The van der Waals surface area contributed by atoms with Gasteiger partial charge in [-0.1, -0.05) is 170 Å². The Balaban J connectivity index is 1.09. The van der Waals surface area contributed by atoms with E-state index in [2.05, 4.69) is 185 Å². The number of aromatic nitrogens is 5. The predicted octanol–water partition coefficient (Wildman–Crippen LogP) is 13.9. The average Bonchev–Trinajstić information content (AvgIpc) is 3.96. The highest BCUT2D eigenvalue weighted by atomic mass is 15.0. The zero-order chi connectivity index (χ0) is 39.3. The SMILES string of the molecule is c1ccc(-c2nc(-c3cccc(-n4c5cc6c(cc5c5ccc7ccccc7c54)c4cccc5c7ccccc7n6c54)c3)nc(-c3ccccc3-c3ccccc3)n2)cc1. The Labute approximate surface area is 344 Å². The smallest absolute Gasteiger partial charge is 0.164 e. The van der Waals surface area contributed by atoms with Gasteiger partial charge in [-0.3, -0.25) is 0 Å². The van der Waals surface area contributed by atoms with Gasteiger partial charge < -0.3 is 8.97 Å². The first-order valence-electron chi connectivity index (χ1n) is 20.4. The van der Waals surface area contributed by atoms with E-state index in [4.69, 9.17) is 15.0 Å². The second kappa shape index (κ2) is 12.7. The van der Waals surface area contributed by atoms with Crippen LogP contribution in [-0.2, 0) is 0 Å². The van der Waals surface area contributed by atoms with Crippen molar-refractivity contribution in [3.63, 3.8) is 0 Å². The average molecular weight is 764 g/mol. The van der Waals surface area contributed by atoms with Gasteiger partial charge in [-0.15, -0.1) is 0 Å². The van der Waals surface area contributed by atoms with E-state index in [0.29, 0.717) is 17.5 Å². The number of para-hydroxylation sites is 2. The van der Waals surface area contributed by atoms with Crippen LogP contribution in [0.2, 0.25) is 0 Å². The summed E-state index contributed by atoms with van der Waals surface area (Å²) in [5.74, 6) is 1.88. The van der Waals surface area contributed by atoms with Gasteiger partial charge in [-0.2, -0.15) is 0 Å². The predicted molar refractivity (Wildman–Crippen MR) is 248 cm³/mol. The van der Waals surface area contributed by atoms with Crippen LogP contribution in [0.4, 0.5) is 0 Å². The normalized spacial score (nSPS) is 12.0. The number of fused-ring (bicyclic) bond motifs is 11. The van der Waals surface area contributed by atoms with Crippen LogP contribution < -0.4 is 0 Å². The molecule has 0 atom stereocenters. The fourth-order valence-electron chi connectivity index (χ4n) is 9.64. The lowest BCUT2D eigenvalue weighted by Gasteiger charge is -2.14. The van der Waals surface area contributed by atoms with Crippen molar-refractivity contribution in [2.45, 2.75) is 0 Å². The highest BCUT2D eigenvalue weighted by Crippen LogP contribution is 2.44. The molecule has 0 N–H and O–H groups in total. The molecule has 9 aromatic carbocycles. The van der Waals surface area contributed by atoms with E-state index in [0.717, 1.165) is 39.0 Å². The molecule has 0 saturated heterocycles. The molecule has 4 aromatic heterocycles. The quantitative estimate of drug-likeness (QED) is 0.175. The molecule has 5 heteroatoms. The summed E-state index contributed by atoms with van der Waals surface area (Å²) in [6.07, 6.45) is 0. The van der Waals surface area contributed by atoms with E-state index in [1.807, 2.05) is 24.3 Å². The zero-order valence-corrected chi connectivity index (χ0v) is 32.3. The highest BCUT2D eigenvalue weighted by molar-refractivity contribution is 6.27. The van der Waals surface area contributed by atoms with Gasteiger partial charge in [0.15, 0.2) is 17.5 Å². The monoisotopic (exact) mass is 763 g/mol. The molecule has 0 radical (unpaired) electrons. The molecule has 0 unspecified atom stereocenters. The first-order valence-corrected chi connectivity index (χ1v) is 20.4. The molecule has 4 heterocycles. The largest absolute Gasteiger partial charge is 0.309 e. The summed E-state index contributed by atoms with van der Waals surface area (Å²) in [6, 6.07) is 71.3. The Morgan fingerprint density at radius 1 is 0.300 bits per heavy atom. The topological polar surface area (TPSA) is 48.0 Å². The van der Waals surface area contributed by atoms with E-state index < -0.39 is 0 Å². The maximum Gasteiger partial charge on any atom is 0.164 e. The molecule has 0 bridgehead atoms. The number of rotatable bonds is 5. The van der Waals surface area contributed by atoms with Gasteiger partial charge in [-0.05, 0) is 46.8 Å². The molecule has 0 amide bonds. The molecule has 0 aliphatic rings. The van der Waals surface area contributed by atoms with E-state index in [-0.39, 0.29) is 0 Å². The van der Waals surface area contributed by atoms with E-state index >= 15 is 0 Å². The van der Waals surface area contributed by atoms with Crippen LogP contribution in [0.3, 0.4) is 0 Å². The maximum absolute atomic E-state index is 5.26. The van der Waals surface area contributed by atoms with Crippen LogP contribution in [0.1, 0.15) is 0 Å². The third-order valence-corrected chi connectivity index (χ3v) is 12.3. The van der Waals surface area contributed by atoms with Crippen molar-refractivity contribution in [2.75, 3.05) is 0 Å². The van der Waals surface area contributed by atoms with Gasteiger partial charge in [0.2, 0.25) is 0 Å². The van der Waals surface area contributed by atoms with Crippen LogP contribution in [0.5, 0.6) is 0 Å². The Hall–Kier alpha value is -8.15. The third kappa shape index (κ3) is 4.77. The van der Waals surface area contributed by atoms with Crippen molar-refractivity contribution >= 4 is 70.7 Å². The Bertz CT molecular complexity index is 3820. The summed E-state index contributed by atoms with van der Waals surface area (Å²) < 4.78 is 4.92. The molecule has 13 aromatic rings. The minimum absolute atomic E-state index is 0.617. The van der Waals surface area contributed by atoms with Crippen LogP contribution in [-0.4, -0.2) is 23.9 Å². The molecule has 0 aliphatic carbocycles. The lowest BCUT2D eigenvalue weighted by atomic mass is 9.99. The van der Waals surface area contributed by atoms with Crippen molar-refractivity contribution in [1.29, 1.82) is 0 Å². The lowest BCUT2D eigenvalue weighted by molar-refractivity contribution is 1.07. The molecule has 0 saturated carbocycles. The number of hydrogen-bond acceptors (Lipinski definition) is 3. The van der Waals surface area contributed by atoms with Gasteiger partial charge in [-0.25, -0.2) is 15.0 Å². The van der Waals surface area contributed by atoms with Crippen molar-refractivity contribution in [1.82, 2.24) is 23.9 Å². The Morgan fingerprint density at radius 2 is 0.883 bits per heavy atom. The Morgan fingerprint density at radius 3 is 1.72 bits per heavy atom. The first-order chi connectivity index (χ1) is 29.8. The van der Waals surface area contributed by atoms with Gasteiger partial charge >= 0.3 is 0 Å². The van der Waals surface area contributed by atoms with Crippen molar-refractivity contribution < 1.29 is 0 Å². The van der Waals surface area contributed by atoms with Crippen molar-refractivity contribution in [3.8, 4) is 51.0 Å². The van der Waals surface area contributed by atoms with Crippen LogP contribution in [0, 0.1) is 0 Å². The molecule has 0 aliphatic heterocycles. The molecule has 5 nitrogen and oxygen atoms in total. The van der Waals surface area contributed by atoms with Crippen LogP contribution in [0.15, 0.2) is 200 Å². The highest BCUT2D eigenvalue weighted by Gasteiger charge is 2.22. The maximum atomic E-state index is 5.26. The first kappa shape index (κ1) is 32.9. The summed E-state index contributed by atoms with van der Waals surface area (Å²) >= 11 is 0. The molecular weight excluding hydrogens is 731 g/mol. The van der Waals surface area contributed by atoms with E-state index in [1.54, 1.807) is 0 Å². The number of benzene rings is 9. The second-order valence-corrected chi connectivity index (χ2v) is 15.6. The minimum atomic E-state index is 0.617. The summed E-state index contributed by atoms with van der Waals surface area (Å²) in [5.41, 5.74) is 12.0. The fraction of sp³-hybridized carbons (Fsp3) is 0.